The van der Waals surface area contributed by atoms with Gasteiger partial charge in [-0.2, -0.15) is 0 Å². The molecular formula is C21H33N5O2. The van der Waals surface area contributed by atoms with E-state index in [2.05, 4.69) is 52.7 Å². The smallest absolute Gasteiger partial charge is 0.287 e. The molecule has 1 N–H and O–H groups in total. The van der Waals surface area contributed by atoms with Crippen molar-refractivity contribution >= 4 is 5.91 Å². The minimum Gasteiger partial charge on any atom is -0.459 e. The van der Waals surface area contributed by atoms with Gasteiger partial charge in [0.05, 0.1) is 12.3 Å². The second kappa shape index (κ2) is 9.37. The Morgan fingerprint density at radius 3 is 2.68 bits per heavy atom. The van der Waals surface area contributed by atoms with Crippen LogP contribution in [0.4, 0.5) is 0 Å². The molecule has 1 aliphatic heterocycles. The van der Waals surface area contributed by atoms with Gasteiger partial charge in [-0.3, -0.25) is 4.79 Å². The number of nitrogens with zero attached hydrogens (tertiary/aromatic N) is 4. The minimum atomic E-state index is -0.208. The van der Waals surface area contributed by atoms with Crippen molar-refractivity contribution in [1.29, 1.82) is 0 Å². The molecule has 7 heteroatoms. The maximum Gasteiger partial charge on any atom is 0.287 e. The second-order valence-corrected chi connectivity index (χ2v) is 8.53. The highest BCUT2D eigenvalue weighted by atomic mass is 16.3. The lowest BCUT2D eigenvalue weighted by atomic mass is 10.0. The molecular weight excluding hydrogens is 354 g/mol. The highest BCUT2D eigenvalue weighted by Gasteiger charge is 2.26. The molecule has 0 aromatic carbocycles. The van der Waals surface area contributed by atoms with E-state index in [9.17, 15) is 4.79 Å². The number of hydrogen-bond acceptors (Lipinski definition) is 5. The predicted molar refractivity (Wildman–Crippen MR) is 108 cm³/mol. The molecule has 0 saturated heterocycles. The Bertz CT molecular complexity index is 751. The molecule has 3 heterocycles. The van der Waals surface area contributed by atoms with Crippen molar-refractivity contribution in [1.82, 2.24) is 25.0 Å². The van der Waals surface area contributed by atoms with Crippen LogP contribution in [0.25, 0.3) is 0 Å². The number of nitrogens with one attached hydrogen (secondary N) is 1. The number of carbonyl (C=O) groups is 1. The molecule has 28 heavy (non-hydrogen) atoms. The number of furan rings is 1. The maximum absolute atomic E-state index is 12.6. The molecule has 154 valence electrons. The number of hydrogen-bond donors (Lipinski definition) is 1. The SMILES string of the molecule is CC(C)CCN1CCc2nnc([C@H](CC(C)C)NC(=O)c3ccco3)n2CC1. The molecule has 0 saturated carbocycles. The summed E-state index contributed by atoms with van der Waals surface area (Å²) in [5.41, 5.74) is 0. The van der Waals surface area contributed by atoms with Crippen molar-refractivity contribution in [2.75, 3.05) is 19.6 Å². The molecule has 1 amide bonds. The van der Waals surface area contributed by atoms with Gasteiger partial charge < -0.3 is 19.2 Å². The average molecular weight is 388 g/mol. The van der Waals surface area contributed by atoms with Crippen molar-refractivity contribution < 1.29 is 9.21 Å². The monoisotopic (exact) mass is 387 g/mol. The first-order valence-corrected chi connectivity index (χ1v) is 10.4. The molecule has 0 aliphatic carbocycles. The highest BCUT2D eigenvalue weighted by molar-refractivity contribution is 5.91. The van der Waals surface area contributed by atoms with Crippen LogP contribution in [0.2, 0.25) is 0 Å². The van der Waals surface area contributed by atoms with E-state index >= 15 is 0 Å². The zero-order valence-corrected chi connectivity index (χ0v) is 17.5. The molecule has 1 atom stereocenters. The van der Waals surface area contributed by atoms with Crippen molar-refractivity contribution in [3.63, 3.8) is 0 Å². The number of fused-ring (bicyclic) bond motifs is 1. The van der Waals surface area contributed by atoms with Gasteiger partial charge in [0.25, 0.3) is 5.91 Å². The standard InChI is InChI=1S/C21H33N5O2/c1-15(2)7-9-25-10-8-19-23-24-20(26(19)12-11-25)17(14-16(3)4)22-21(27)18-6-5-13-28-18/h5-6,13,15-17H,7-12,14H2,1-4H3,(H,22,27)/t17-/m0/s1. The van der Waals surface area contributed by atoms with Gasteiger partial charge in [-0.25, -0.2) is 0 Å². The van der Waals surface area contributed by atoms with Gasteiger partial charge in [0.2, 0.25) is 0 Å². The first-order chi connectivity index (χ1) is 13.4. The quantitative estimate of drug-likeness (QED) is 0.752. The van der Waals surface area contributed by atoms with Crippen LogP contribution in [-0.4, -0.2) is 45.2 Å². The van der Waals surface area contributed by atoms with Crippen molar-refractivity contribution in [2.24, 2.45) is 11.8 Å². The van der Waals surface area contributed by atoms with Crippen LogP contribution < -0.4 is 5.32 Å². The third-order valence-corrected chi connectivity index (χ3v) is 5.24. The van der Waals surface area contributed by atoms with Crippen molar-refractivity contribution in [3.8, 4) is 0 Å². The molecule has 0 unspecified atom stereocenters. The molecule has 2 aromatic rings. The summed E-state index contributed by atoms with van der Waals surface area (Å²) < 4.78 is 7.46. The Hall–Kier alpha value is -2.15. The third kappa shape index (κ3) is 5.22. The van der Waals surface area contributed by atoms with E-state index in [1.807, 2.05) is 0 Å². The summed E-state index contributed by atoms with van der Waals surface area (Å²) in [6, 6.07) is 3.22. The summed E-state index contributed by atoms with van der Waals surface area (Å²) in [7, 11) is 0. The van der Waals surface area contributed by atoms with Gasteiger partial charge in [0, 0.05) is 26.1 Å². The largest absolute Gasteiger partial charge is 0.459 e. The number of carbonyl (C=O) groups excluding carboxylic acids is 1. The van der Waals surface area contributed by atoms with E-state index in [4.69, 9.17) is 4.42 Å². The molecule has 3 rings (SSSR count). The van der Waals surface area contributed by atoms with E-state index in [1.165, 1.54) is 12.7 Å². The van der Waals surface area contributed by atoms with Gasteiger partial charge in [-0.1, -0.05) is 27.7 Å². The van der Waals surface area contributed by atoms with E-state index in [0.29, 0.717) is 17.6 Å². The fourth-order valence-electron chi connectivity index (χ4n) is 3.65. The van der Waals surface area contributed by atoms with Gasteiger partial charge in [-0.15, -0.1) is 10.2 Å². The zero-order valence-electron chi connectivity index (χ0n) is 17.5. The molecule has 1 aliphatic rings. The lowest BCUT2D eigenvalue weighted by Gasteiger charge is -2.22. The Balaban J connectivity index is 1.74. The van der Waals surface area contributed by atoms with Crippen LogP contribution in [-0.2, 0) is 13.0 Å². The van der Waals surface area contributed by atoms with Crippen LogP contribution in [0.3, 0.4) is 0 Å². The summed E-state index contributed by atoms with van der Waals surface area (Å²) in [6.45, 7) is 12.8. The van der Waals surface area contributed by atoms with Crippen LogP contribution in [0.5, 0.6) is 0 Å². The van der Waals surface area contributed by atoms with Gasteiger partial charge >= 0.3 is 0 Å². The van der Waals surface area contributed by atoms with Crippen molar-refractivity contribution in [3.05, 3.63) is 35.8 Å². The van der Waals surface area contributed by atoms with Crippen LogP contribution in [0, 0.1) is 11.8 Å². The number of amides is 1. The van der Waals surface area contributed by atoms with E-state index in [0.717, 1.165) is 50.7 Å². The normalized spacial score (nSPS) is 16.2. The first kappa shape index (κ1) is 20.6. The summed E-state index contributed by atoms with van der Waals surface area (Å²) >= 11 is 0. The molecule has 0 bridgehead atoms. The zero-order chi connectivity index (χ0) is 20.1. The average Bonchev–Trinajstić information content (AvgIpc) is 3.26. The minimum absolute atomic E-state index is 0.180. The molecule has 7 nitrogen and oxygen atoms in total. The van der Waals surface area contributed by atoms with Crippen LogP contribution in [0.1, 0.15) is 68.8 Å². The van der Waals surface area contributed by atoms with Crippen LogP contribution in [0.15, 0.2) is 22.8 Å². The van der Waals surface area contributed by atoms with Crippen molar-refractivity contribution in [2.45, 2.75) is 59.5 Å². The summed E-state index contributed by atoms with van der Waals surface area (Å²) in [5, 5.41) is 12.0. The summed E-state index contributed by atoms with van der Waals surface area (Å²) in [5.74, 6) is 3.12. The van der Waals surface area contributed by atoms with E-state index < -0.39 is 0 Å². The number of aromatic nitrogens is 3. The van der Waals surface area contributed by atoms with Gasteiger partial charge in [0.1, 0.15) is 5.82 Å². The Morgan fingerprint density at radius 1 is 1.18 bits per heavy atom. The lowest BCUT2D eigenvalue weighted by Crippen LogP contribution is -2.32. The Morgan fingerprint density at radius 2 is 2.00 bits per heavy atom. The first-order valence-electron chi connectivity index (χ1n) is 10.4. The van der Waals surface area contributed by atoms with Gasteiger partial charge in [0.15, 0.2) is 11.6 Å². The van der Waals surface area contributed by atoms with Gasteiger partial charge in [-0.05, 0) is 43.4 Å². The molecule has 2 aromatic heterocycles. The molecule has 0 fully saturated rings. The van der Waals surface area contributed by atoms with E-state index in [1.54, 1.807) is 12.1 Å². The van der Waals surface area contributed by atoms with Crippen LogP contribution >= 0.6 is 0 Å². The fourth-order valence-corrected chi connectivity index (χ4v) is 3.65. The summed E-state index contributed by atoms with van der Waals surface area (Å²) in [6.07, 6.45) is 4.43. The maximum atomic E-state index is 12.6. The summed E-state index contributed by atoms with van der Waals surface area (Å²) in [4.78, 5) is 15.1. The lowest BCUT2D eigenvalue weighted by molar-refractivity contribution is 0.0900. The predicted octanol–water partition coefficient (Wildman–Crippen LogP) is 3.29. The highest BCUT2D eigenvalue weighted by Crippen LogP contribution is 2.23. The van der Waals surface area contributed by atoms with E-state index in [-0.39, 0.29) is 11.9 Å². The Kier molecular flexibility index (Phi) is 6.88. The number of rotatable bonds is 8. The second-order valence-electron chi connectivity index (χ2n) is 8.53. The third-order valence-electron chi connectivity index (χ3n) is 5.24. The topological polar surface area (TPSA) is 76.2 Å². The molecule has 0 spiro atoms. The Labute approximate surface area is 167 Å². The fraction of sp³-hybridized carbons (Fsp3) is 0.667. The molecule has 0 radical (unpaired) electrons.